The zero-order valence-corrected chi connectivity index (χ0v) is 24.3. The van der Waals surface area contributed by atoms with E-state index in [0.29, 0.717) is 31.4 Å². The van der Waals surface area contributed by atoms with Crippen molar-refractivity contribution in [1.82, 2.24) is 14.8 Å². The fourth-order valence-electron chi connectivity index (χ4n) is 6.44. The van der Waals surface area contributed by atoms with Gasteiger partial charge in [0.15, 0.2) is 11.4 Å². The van der Waals surface area contributed by atoms with E-state index in [2.05, 4.69) is 5.32 Å². The summed E-state index contributed by atoms with van der Waals surface area (Å²) < 4.78 is 61.6. The van der Waals surface area contributed by atoms with Crippen molar-refractivity contribution in [3.63, 3.8) is 0 Å². The zero-order valence-electron chi connectivity index (χ0n) is 24.3. The van der Waals surface area contributed by atoms with Crippen molar-refractivity contribution in [3.05, 3.63) is 98.7 Å². The highest BCUT2D eigenvalue weighted by Gasteiger charge is 2.52. The van der Waals surface area contributed by atoms with Crippen LogP contribution >= 0.6 is 0 Å². The maximum atomic E-state index is 14.3. The molecular weight excluding hydrogens is 579 g/mol. The maximum absolute atomic E-state index is 14.3. The summed E-state index contributed by atoms with van der Waals surface area (Å²) in [6.07, 6.45) is 2.94. The number of benzene rings is 2. The second kappa shape index (κ2) is 11.7. The number of hydrogen-bond acceptors (Lipinski definition) is 6. The lowest BCUT2D eigenvalue weighted by molar-refractivity contribution is -0.236. The first-order valence-electron chi connectivity index (χ1n) is 14.5. The number of rotatable bonds is 6. The molecule has 3 aliphatic heterocycles. The van der Waals surface area contributed by atoms with Crippen LogP contribution in [0.3, 0.4) is 0 Å². The normalized spacial score (nSPS) is 24.5. The minimum Gasteiger partial charge on any atom is -0.483 e. The number of nitrogens with one attached hydrogen (secondary N) is 1. The Hall–Kier alpha value is -4.16. The predicted molar refractivity (Wildman–Crippen MR) is 152 cm³/mol. The van der Waals surface area contributed by atoms with Gasteiger partial charge in [0.25, 0.3) is 11.8 Å². The molecule has 1 N–H and O–H groups in total. The van der Waals surface area contributed by atoms with Crippen LogP contribution in [0.2, 0.25) is 0 Å². The second-order valence-electron chi connectivity index (χ2n) is 11.6. The molecule has 12 heteroatoms. The highest BCUT2D eigenvalue weighted by molar-refractivity contribution is 5.99. The summed E-state index contributed by atoms with van der Waals surface area (Å²) in [7, 11) is 0. The molecule has 2 saturated heterocycles. The van der Waals surface area contributed by atoms with E-state index >= 15 is 0 Å². The van der Waals surface area contributed by atoms with Crippen LogP contribution < -0.4 is 15.5 Å². The van der Waals surface area contributed by atoms with Gasteiger partial charge >= 0.3 is 0 Å². The van der Waals surface area contributed by atoms with Gasteiger partial charge in [0.2, 0.25) is 5.43 Å². The average molecular weight is 612 g/mol. The molecule has 9 nitrogen and oxygen atoms in total. The monoisotopic (exact) mass is 611 g/mol. The summed E-state index contributed by atoms with van der Waals surface area (Å²) in [6.45, 7) is 3.51. The Labute approximate surface area is 251 Å². The smallest absolute Gasteiger partial charge is 0.274 e. The number of carbonyl (C=O) groups is 2. The molecule has 0 radical (unpaired) electrons. The predicted octanol–water partition coefficient (Wildman–Crippen LogP) is 4.48. The van der Waals surface area contributed by atoms with E-state index in [9.17, 15) is 27.6 Å². The lowest BCUT2D eigenvalue weighted by Gasteiger charge is -2.48. The van der Waals surface area contributed by atoms with E-state index in [1.54, 1.807) is 33.7 Å². The number of aromatic nitrogens is 1. The Morgan fingerprint density at radius 3 is 2.55 bits per heavy atom. The molecule has 0 aliphatic carbocycles. The van der Waals surface area contributed by atoms with Crippen LogP contribution in [0.5, 0.6) is 5.75 Å². The van der Waals surface area contributed by atoms with Gasteiger partial charge in [-0.25, -0.2) is 13.2 Å². The summed E-state index contributed by atoms with van der Waals surface area (Å²) in [5.74, 6) is -5.10. The Morgan fingerprint density at radius 1 is 1.11 bits per heavy atom. The number of pyridine rings is 1. The van der Waals surface area contributed by atoms with Gasteiger partial charge in [-0.05, 0) is 32.3 Å². The van der Waals surface area contributed by atoms with E-state index in [0.717, 1.165) is 5.56 Å². The van der Waals surface area contributed by atoms with Gasteiger partial charge in [0.05, 0.1) is 17.7 Å². The third-order valence-electron chi connectivity index (χ3n) is 8.82. The van der Waals surface area contributed by atoms with Gasteiger partial charge < -0.3 is 29.0 Å². The van der Waals surface area contributed by atoms with E-state index < -0.39 is 58.4 Å². The van der Waals surface area contributed by atoms with E-state index in [4.69, 9.17) is 14.2 Å². The number of nitrogens with zero attached hydrogens (tertiary/aromatic N) is 2. The average Bonchev–Trinajstić information content (AvgIpc) is 3.10. The Balaban J connectivity index is 1.46. The first-order chi connectivity index (χ1) is 21.1. The zero-order chi connectivity index (χ0) is 31.2. The largest absolute Gasteiger partial charge is 0.483 e. The number of amides is 2. The van der Waals surface area contributed by atoms with Gasteiger partial charge in [-0.3, -0.25) is 14.4 Å². The van der Waals surface area contributed by atoms with Crippen molar-refractivity contribution in [2.24, 2.45) is 0 Å². The first kappa shape index (κ1) is 29.9. The van der Waals surface area contributed by atoms with Gasteiger partial charge in [0, 0.05) is 49.4 Å². The first-order valence-corrected chi connectivity index (χ1v) is 14.5. The van der Waals surface area contributed by atoms with Crippen molar-refractivity contribution in [2.45, 2.75) is 70.1 Å². The van der Waals surface area contributed by atoms with Crippen LogP contribution in [0.25, 0.3) is 0 Å². The summed E-state index contributed by atoms with van der Waals surface area (Å²) in [6, 6.07) is 9.40. The van der Waals surface area contributed by atoms with Crippen molar-refractivity contribution < 1.29 is 37.0 Å². The fraction of sp³-hybridized carbons (Fsp3) is 0.406. The lowest BCUT2D eigenvalue weighted by Crippen LogP contribution is -2.55. The number of ether oxygens (including phenoxy) is 3. The van der Waals surface area contributed by atoms with Crippen LogP contribution in [0.15, 0.2) is 53.5 Å². The molecule has 2 fully saturated rings. The molecule has 4 heterocycles. The molecule has 6 rings (SSSR count). The van der Waals surface area contributed by atoms with E-state index in [1.807, 2.05) is 19.9 Å². The summed E-state index contributed by atoms with van der Waals surface area (Å²) in [4.78, 5) is 43.1. The van der Waals surface area contributed by atoms with Crippen LogP contribution in [0.4, 0.5) is 13.2 Å². The van der Waals surface area contributed by atoms with Gasteiger partial charge in [-0.15, -0.1) is 0 Å². The van der Waals surface area contributed by atoms with Crippen molar-refractivity contribution in [1.29, 1.82) is 0 Å². The van der Waals surface area contributed by atoms with Crippen molar-refractivity contribution in [3.8, 4) is 5.75 Å². The maximum Gasteiger partial charge on any atom is 0.274 e. The van der Waals surface area contributed by atoms with Crippen LogP contribution in [0, 0.1) is 17.5 Å². The molecule has 2 bridgehead atoms. The number of hydrogen-bond donors (Lipinski definition) is 1. The highest BCUT2D eigenvalue weighted by atomic mass is 19.1. The van der Waals surface area contributed by atoms with Crippen LogP contribution in [-0.2, 0) is 22.6 Å². The fourth-order valence-corrected chi connectivity index (χ4v) is 6.44. The number of fused-ring (bicyclic) bond motifs is 5. The Bertz CT molecular complexity index is 1640. The van der Waals surface area contributed by atoms with Crippen LogP contribution in [-0.4, -0.2) is 52.4 Å². The Morgan fingerprint density at radius 2 is 1.84 bits per heavy atom. The third kappa shape index (κ3) is 5.36. The van der Waals surface area contributed by atoms with Crippen molar-refractivity contribution in [2.75, 3.05) is 13.3 Å². The van der Waals surface area contributed by atoms with Crippen molar-refractivity contribution >= 4 is 11.8 Å². The molecular formula is C32H32F3N3O6. The minimum atomic E-state index is -1.18. The van der Waals surface area contributed by atoms with Gasteiger partial charge in [0.1, 0.15) is 36.4 Å². The van der Waals surface area contributed by atoms with Gasteiger partial charge in [-0.2, -0.15) is 0 Å². The molecule has 2 amide bonds. The third-order valence-corrected chi connectivity index (χ3v) is 8.82. The molecule has 1 aromatic heterocycles. The molecule has 3 aliphatic rings. The summed E-state index contributed by atoms with van der Waals surface area (Å²) >= 11 is 0. The standard InChI is InChI=1S/C32H32F3N3O6/c1-18-8-9-32(12-19(2)43-17-44-32)26-15-37(18)31(41)27-29(42-16-20-6-4-3-5-7-20)28(39)23(14-38(26)27)30(40)36-13-22-24(34)10-21(33)11-25(22)35/h3-7,10-11,14,18-19,26H,8-9,12-13,15-17H2,1-2H3,(H,36,40)/t18-,19?,26+,32+/m0/s1. The van der Waals surface area contributed by atoms with Crippen LogP contribution in [0.1, 0.15) is 71.1 Å². The lowest BCUT2D eigenvalue weighted by atomic mass is 9.82. The number of halogens is 3. The minimum absolute atomic E-state index is 0.00484. The molecule has 4 atom stereocenters. The molecule has 1 unspecified atom stereocenters. The van der Waals surface area contributed by atoms with E-state index in [-0.39, 0.29) is 49.1 Å². The second-order valence-corrected chi connectivity index (χ2v) is 11.6. The Kier molecular flexibility index (Phi) is 7.97. The highest BCUT2D eigenvalue weighted by Crippen LogP contribution is 2.46. The molecule has 2 aromatic carbocycles. The number of carbonyl (C=O) groups excluding carboxylic acids is 2. The molecule has 232 valence electrons. The SMILES string of the molecule is CC1C[C@@]2(CC[C@H](C)N3C[C@H]2n2cc(C(=O)NCc4c(F)cc(F)cc4F)c(=O)c(OCc4ccccc4)c2C3=O)OCO1. The molecule has 1 spiro atoms. The molecule has 3 aromatic rings. The molecule has 0 saturated carbocycles. The summed E-state index contributed by atoms with van der Waals surface area (Å²) in [5, 5.41) is 2.37. The van der Waals surface area contributed by atoms with Gasteiger partial charge in [-0.1, -0.05) is 30.3 Å². The molecule has 44 heavy (non-hydrogen) atoms. The summed E-state index contributed by atoms with van der Waals surface area (Å²) in [5.41, 5.74) is -1.82. The van der Waals surface area contributed by atoms with E-state index in [1.165, 1.54) is 6.20 Å². The quantitative estimate of drug-likeness (QED) is 0.442. The topological polar surface area (TPSA) is 99.1 Å².